The molecule has 3 aliphatic heterocycles. The van der Waals surface area contributed by atoms with Gasteiger partial charge in [0.2, 0.25) is 6.79 Å². The zero-order valence-electron chi connectivity index (χ0n) is 19.7. The number of aromatic nitrogens is 2. The topological polar surface area (TPSA) is 54.0 Å². The molecule has 0 saturated carbocycles. The second kappa shape index (κ2) is 9.60. The average Bonchev–Trinajstić information content (AvgIpc) is 3.34. The number of thioether (sulfide) groups is 1. The second-order valence-corrected chi connectivity index (χ2v) is 10.5. The highest BCUT2D eigenvalue weighted by molar-refractivity contribution is 7.99. The van der Waals surface area contributed by atoms with Crippen molar-refractivity contribution in [3.63, 3.8) is 0 Å². The SMILES string of the molecule is Cc1ccc2nc(CN3CCN(Cc4ccc5c(c4)OCO5)CC3)nc(N3CCSCC3)c2c1. The molecule has 0 radical (unpaired) electrons. The highest BCUT2D eigenvalue weighted by Crippen LogP contribution is 2.33. The van der Waals surface area contributed by atoms with E-state index < -0.39 is 0 Å². The molecular formula is C26H31N5O2S. The Kier molecular flexibility index (Phi) is 6.20. The standard InChI is InChI=1S/C26H31N5O2S/c1-19-2-4-22-21(14-19)26(31-10-12-34-13-11-31)28-25(27-22)17-30-8-6-29(7-9-30)16-20-3-5-23-24(15-20)33-18-32-23/h2-5,14-15H,6-13,16-18H2,1H3. The van der Waals surface area contributed by atoms with Crippen LogP contribution in [0.1, 0.15) is 17.0 Å². The summed E-state index contributed by atoms with van der Waals surface area (Å²) in [5, 5.41) is 1.18. The Balaban J connectivity index is 1.13. The third-order valence-corrected chi connectivity index (χ3v) is 7.80. The van der Waals surface area contributed by atoms with E-state index >= 15 is 0 Å². The van der Waals surface area contributed by atoms with Crippen molar-refractivity contribution < 1.29 is 9.47 Å². The number of anilines is 1. The molecular weight excluding hydrogens is 446 g/mol. The second-order valence-electron chi connectivity index (χ2n) is 9.32. The quantitative estimate of drug-likeness (QED) is 0.553. The molecule has 0 bridgehead atoms. The maximum Gasteiger partial charge on any atom is 0.231 e. The van der Waals surface area contributed by atoms with Crippen molar-refractivity contribution >= 4 is 28.5 Å². The number of aryl methyl sites for hydroxylation is 1. The Morgan fingerprint density at radius 1 is 0.824 bits per heavy atom. The summed E-state index contributed by atoms with van der Waals surface area (Å²) < 4.78 is 11.0. The summed E-state index contributed by atoms with van der Waals surface area (Å²) in [7, 11) is 0. The Hall–Kier alpha value is -2.55. The normalized spacial score (nSPS) is 19.1. The van der Waals surface area contributed by atoms with E-state index in [-0.39, 0.29) is 0 Å². The van der Waals surface area contributed by atoms with E-state index in [0.717, 1.165) is 92.5 Å². The number of hydrogen-bond acceptors (Lipinski definition) is 8. The van der Waals surface area contributed by atoms with Crippen LogP contribution in [0.2, 0.25) is 0 Å². The van der Waals surface area contributed by atoms with Gasteiger partial charge < -0.3 is 14.4 Å². The van der Waals surface area contributed by atoms with Crippen LogP contribution in [-0.4, -0.2) is 77.3 Å². The summed E-state index contributed by atoms with van der Waals surface area (Å²) >= 11 is 2.03. The minimum absolute atomic E-state index is 0.326. The molecule has 7 nitrogen and oxygen atoms in total. The van der Waals surface area contributed by atoms with Gasteiger partial charge in [0.15, 0.2) is 11.5 Å². The van der Waals surface area contributed by atoms with Crippen molar-refractivity contribution in [1.29, 1.82) is 0 Å². The van der Waals surface area contributed by atoms with Crippen molar-refractivity contribution in [1.82, 2.24) is 19.8 Å². The van der Waals surface area contributed by atoms with Gasteiger partial charge in [-0.25, -0.2) is 9.97 Å². The fraction of sp³-hybridized carbons (Fsp3) is 0.462. The molecule has 0 aliphatic carbocycles. The van der Waals surface area contributed by atoms with E-state index in [0.29, 0.717) is 6.79 Å². The lowest BCUT2D eigenvalue weighted by Crippen LogP contribution is -2.45. The van der Waals surface area contributed by atoms with E-state index in [2.05, 4.69) is 52.0 Å². The Bertz CT molecular complexity index is 1180. The fourth-order valence-corrected chi connectivity index (χ4v) is 5.87. The zero-order valence-corrected chi connectivity index (χ0v) is 20.5. The molecule has 0 spiro atoms. The van der Waals surface area contributed by atoms with Crippen LogP contribution in [0.3, 0.4) is 0 Å². The highest BCUT2D eigenvalue weighted by atomic mass is 32.2. The molecule has 6 rings (SSSR count). The summed E-state index contributed by atoms with van der Waals surface area (Å²) in [6.45, 7) is 10.5. The smallest absolute Gasteiger partial charge is 0.231 e. The summed E-state index contributed by atoms with van der Waals surface area (Å²) in [4.78, 5) is 17.5. The van der Waals surface area contributed by atoms with Gasteiger partial charge in [-0.05, 0) is 36.8 Å². The molecule has 0 amide bonds. The molecule has 0 atom stereocenters. The minimum atomic E-state index is 0.326. The van der Waals surface area contributed by atoms with E-state index in [4.69, 9.17) is 19.4 Å². The lowest BCUT2D eigenvalue weighted by Gasteiger charge is -2.34. The molecule has 3 aromatic rings. The van der Waals surface area contributed by atoms with E-state index in [9.17, 15) is 0 Å². The van der Waals surface area contributed by atoms with Gasteiger partial charge in [-0.1, -0.05) is 17.7 Å². The van der Waals surface area contributed by atoms with Gasteiger partial charge in [-0.3, -0.25) is 9.80 Å². The molecule has 2 saturated heterocycles. The summed E-state index contributed by atoms with van der Waals surface area (Å²) in [6.07, 6.45) is 0. The molecule has 4 heterocycles. The predicted molar refractivity (Wildman–Crippen MR) is 137 cm³/mol. The molecule has 0 unspecified atom stereocenters. The van der Waals surface area contributed by atoms with Gasteiger partial charge in [-0.15, -0.1) is 0 Å². The molecule has 34 heavy (non-hydrogen) atoms. The molecule has 8 heteroatoms. The van der Waals surface area contributed by atoms with Crippen molar-refractivity contribution in [2.75, 3.05) is 62.5 Å². The zero-order chi connectivity index (χ0) is 22.9. The van der Waals surface area contributed by atoms with E-state index in [1.165, 1.54) is 16.5 Å². The molecule has 2 fully saturated rings. The van der Waals surface area contributed by atoms with Crippen LogP contribution in [0, 0.1) is 6.92 Å². The van der Waals surface area contributed by atoms with Crippen LogP contribution in [0.5, 0.6) is 11.5 Å². The van der Waals surface area contributed by atoms with Gasteiger partial charge in [0.1, 0.15) is 11.6 Å². The van der Waals surface area contributed by atoms with Crippen LogP contribution in [0.25, 0.3) is 10.9 Å². The van der Waals surface area contributed by atoms with Crippen LogP contribution >= 0.6 is 11.8 Å². The van der Waals surface area contributed by atoms with Crippen LogP contribution in [-0.2, 0) is 13.1 Å². The number of benzene rings is 2. The van der Waals surface area contributed by atoms with Crippen molar-refractivity contribution in [2.24, 2.45) is 0 Å². The molecule has 178 valence electrons. The number of piperazine rings is 1. The van der Waals surface area contributed by atoms with Gasteiger partial charge in [-0.2, -0.15) is 11.8 Å². The molecule has 3 aliphatic rings. The minimum Gasteiger partial charge on any atom is -0.454 e. The first-order valence-corrected chi connectivity index (χ1v) is 13.3. The number of nitrogens with zero attached hydrogens (tertiary/aromatic N) is 5. The summed E-state index contributed by atoms with van der Waals surface area (Å²) in [5.41, 5.74) is 3.59. The lowest BCUT2D eigenvalue weighted by atomic mass is 10.1. The van der Waals surface area contributed by atoms with Crippen LogP contribution in [0.15, 0.2) is 36.4 Å². The fourth-order valence-electron chi connectivity index (χ4n) is 4.96. The van der Waals surface area contributed by atoms with Gasteiger partial charge in [0.25, 0.3) is 0 Å². The Labute approximate surface area is 205 Å². The van der Waals surface area contributed by atoms with Crippen molar-refractivity contribution in [3.8, 4) is 11.5 Å². The third kappa shape index (κ3) is 4.67. The molecule has 1 aromatic heterocycles. The summed E-state index contributed by atoms with van der Waals surface area (Å²) in [5.74, 6) is 6.10. The number of fused-ring (bicyclic) bond motifs is 2. The highest BCUT2D eigenvalue weighted by Gasteiger charge is 2.22. The lowest BCUT2D eigenvalue weighted by molar-refractivity contribution is 0.120. The number of hydrogen-bond donors (Lipinski definition) is 0. The molecule has 0 N–H and O–H groups in total. The maximum atomic E-state index is 5.53. The monoisotopic (exact) mass is 477 g/mol. The Morgan fingerprint density at radius 2 is 1.59 bits per heavy atom. The molecule has 2 aromatic carbocycles. The summed E-state index contributed by atoms with van der Waals surface area (Å²) in [6, 6.07) is 12.8. The van der Waals surface area contributed by atoms with Crippen LogP contribution < -0.4 is 14.4 Å². The van der Waals surface area contributed by atoms with Gasteiger partial charge >= 0.3 is 0 Å². The van der Waals surface area contributed by atoms with Crippen molar-refractivity contribution in [2.45, 2.75) is 20.0 Å². The first kappa shape index (κ1) is 21.9. The van der Waals surface area contributed by atoms with Crippen LogP contribution in [0.4, 0.5) is 5.82 Å². The Morgan fingerprint density at radius 3 is 2.41 bits per heavy atom. The number of rotatable bonds is 5. The van der Waals surface area contributed by atoms with Crippen molar-refractivity contribution in [3.05, 3.63) is 53.3 Å². The van der Waals surface area contributed by atoms with Gasteiger partial charge in [0.05, 0.1) is 12.1 Å². The average molecular weight is 478 g/mol. The van der Waals surface area contributed by atoms with E-state index in [1.807, 2.05) is 17.8 Å². The largest absolute Gasteiger partial charge is 0.454 e. The maximum absolute atomic E-state index is 5.53. The first-order chi connectivity index (χ1) is 16.7. The van der Waals surface area contributed by atoms with Gasteiger partial charge in [0, 0.05) is 62.7 Å². The number of ether oxygens (including phenoxy) is 2. The third-order valence-electron chi connectivity index (χ3n) is 6.86. The predicted octanol–water partition coefficient (Wildman–Crippen LogP) is 3.54. The first-order valence-electron chi connectivity index (χ1n) is 12.1. The van der Waals surface area contributed by atoms with E-state index in [1.54, 1.807) is 0 Å².